The van der Waals surface area contributed by atoms with Gasteiger partial charge < -0.3 is 10.5 Å². The van der Waals surface area contributed by atoms with Crippen LogP contribution in [0.25, 0.3) is 0 Å². The molecule has 1 rings (SSSR count). The van der Waals surface area contributed by atoms with E-state index in [1.165, 1.54) is 0 Å². The van der Waals surface area contributed by atoms with Gasteiger partial charge in [-0.3, -0.25) is 0 Å². The molecule has 1 atom stereocenters. The second kappa shape index (κ2) is 7.22. The lowest BCUT2D eigenvalue weighted by atomic mass is 9.93. The summed E-state index contributed by atoms with van der Waals surface area (Å²) in [6, 6.07) is 2.10. The van der Waals surface area contributed by atoms with E-state index in [4.69, 9.17) is 22.1 Å². The summed E-state index contributed by atoms with van der Waals surface area (Å²) in [4.78, 5) is 0. The smallest absolute Gasteiger partial charge is 0.125 e. The molecule has 0 aliphatic carbocycles. The summed E-state index contributed by atoms with van der Waals surface area (Å²) >= 11 is 6.28. The quantitative estimate of drug-likeness (QED) is 0.907. The van der Waals surface area contributed by atoms with Gasteiger partial charge in [0.15, 0.2) is 0 Å². The normalized spacial score (nSPS) is 12.2. The third-order valence-corrected chi connectivity index (χ3v) is 3.37. The van der Waals surface area contributed by atoms with Crippen molar-refractivity contribution in [3.8, 4) is 5.75 Å². The number of nitrogens with two attached hydrogens (primary N) is 1. The number of methoxy groups -OCH3 is 1. The molecule has 104 valence electrons. The first-order valence-electron chi connectivity index (χ1n) is 5.99. The van der Waals surface area contributed by atoms with Crippen LogP contribution in [-0.4, -0.2) is 13.2 Å². The van der Waals surface area contributed by atoms with Crippen LogP contribution in [0.3, 0.4) is 0 Å². The Morgan fingerprint density at radius 3 is 2.28 bits per heavy atom. The average molecular weight is 292 g/mol. The predicted molar refractivity (Wildman–Crippen MR) is 81.4 cm³/mol. The third-order valence-electron chi connectivity index (χ3n) is 2.98. The summed E-state index contributed by atoms with van der Waals surface area (Å²) < 4.78 is 5.56. The zero-order chi connectivity index (χ0) is 13.2. The molecule has 0 saturated carbocycles. The van der Waals surface area contributed by atoms with Gasteiger partial charge in [-0.2, -0.15) is 0 Å². The Hall–Kier alpha value is -0.440. The van der Waals surface area contributed by atoms with E-state index in [0.29, 0.717) is 5.92 Å². The molecule has 0 heterocycles. The van der Waals surface area contributed by atoms with E-state index in [1.807, 2.05) is 19.9 Å². The van der Waals surface area contributed by atoms with E-state index in [1.54, 1.807) is 7.11 Å². The molecule has 0 amide bonds. The van der Waals surface area contributed by atoms with Crippen LogP contribution in [0.1, 0.15) is 43.4 Å². The van der Waals surface area contributed by atoms with Crippen molar-refractivity contribution in [2.45, 2.75) is 46.1 Å². The van der Waals surface area contributed by atoms with E-state index in [9.17, 15) is 0 Å². The number of hydrogen-bond donors (Lipinski definition) is 1. The van der Waals surface area contributed by atoms with Crippen LogP contribution < -0.4 is 10.5 Å². The Morgan fingerprint density at radius 1 is 1.33 bits per heavy atom. The number of ether oxygens (including phenoxy) is 1. The maximum absolute atomic E-state index is 6.28. The van der Waals surface area contributed by atoms with Crippen LogP contribution >= 0.6 is 24.0 Å². The first kappa shape index (κ1) is 17.6. The Morgan fingerprint density at radius 2 is 1.89 bits per heavy atom. The molecule has 0 saturated heterocycles. The molecule has 1 unspecified atom stereocenters. The molecule has 0 aliphatic heterocycles. The molecule has 0 spiro atoms. The van der Waals surface area contributed by atoms with Crippen molar-refractivity contribution >= 4 is 24.0 Å². The molecule has 0 aliphatic rings. The molecule has 1 aromatic carbocycles. The van der Waals surface area contributed by atoms with Crippen molar-refractivity contribution in [2.75, 3.05) is 7.11 Å². The van der Waals surface area contributed by atoms with Crippen molar-refractivity contribution in [1.29, 1.82) is 0 Å². The average Bonchev–Trinajstić information content (AvgIpc) is 2.23. The second-order valence-electron chi connectivity index (χ2n) is 4.92. The van der Waals surface area contributed by atoms with Crippen molar-refractivity contribution in [3.05, 3.63) is 27.8 Å². The lowest BCUT2D eigenvalue weighted by Crippen LogP contribution is -2.19. The van der Waals surface area contributed by atoms with Crippen molar-refractivity contribution < 1.29 is 4.74 Å². The van der Waals surface area contributed by atoms with Crippen LogP contribution in [0, 0.1) is 6.92 Å². The SMILES string of the molecule is COc1c(C(C)C)cc(Cl)c(C)c1CC(C)N.Cl. The summed E-state index contributed by atoms with van der Waals surface area (Å²) in [5.74, 6) is 1.33. The molecule has 2 nitrogen and oxygen atoms in total. The number of hydrogen-bond acceptors (Lipinski definition) is 2. The Balaban J connectivity index is 0.00000289. The van der Waals surface area contributed by atoms with E-state index < -0.39 is 0 Å². The molecular formula is C14H23Cl2NO. The first-order chi connectivity index (χ1) is 7.88. The minimum Gasteiger partial charge on any atom is -0.496 e. The highest BCUT2D eigenvalue weighted by Crippen LogP contribution is 2.36. The fraction of sp³-hybridized carbons (Fsp3) is 0.571. The highest BCUT2D eigenvalue weighted by Gasteiger charge is 2.18. The van der Waals surface area contributed by atoms with Gasteiger partial charge in [-0.1, -0.05) is 25.4 Å². The predicted octanol–water partition coefficient (Wildman–Crippen LogP) is 4.09. The van der Waals surface area contributed by atoms with Crippen LogP contribution in [0.4, 0.5) is 0 Å². The number of rotatable bonds is 4. The second-order valence-corrected chi connectivity index (χ2v) is 5.33. The van der Waals surface area contributed by atoms with E-state index >= 15 is 0 Å². The Labute approximate surface area is 121 Å². The number of halogens is 2. The van der Waals surface area contributed by atoms with Gasteiger partial charge in [0.25, 0.3) is 0 Å². The third kappa shape index (κ3) is 3.78. The molecular weight excluding hydrogens is 269 g/mol. The van der Waals surface area contributed by atoms with Crippen LogP contribution in [-0.2, 0) is 6.42 Å². The van der Waals surface area contributed by atoms with Crippen molar-refractivity contribution in [2.24, 2.45) is 5.73 Å². The molecule has 18 heavy (non-hydrogen) atoms. The van der Waals surface area contributed by atoms with Crippen molar-refractivity contribution in [3.63, 3.8) is 0 Å². The monoisotopic (exact) mass is 291 g/mol. The van der Waals surface area contributed by atoms with Crippen molar-refractivity contribution in [1.82, 2.24) is 0 Å². The van der Waals surface area contributed by atoms with Gasteiger partial charge in [0.2, 0.25) is 0 Å². The van der Waals surface area contributed by atoms with Gasteiger partial charge in [0.05, 0.1) is 7.11 Å². The van der Waals surface area contributed by atoms with Gasteiger partial charge in [-0.05, 0) is 43.4 Å². The summed E-state index contributed by atoms with van der Waals surface area (Å²) in [6.45, 7) is 8.29. The maximum atomic E-state index is 6.28. The molecule has 1 aromatic rings. The van der Waals surface area contributed by atoms with Gasteiger partial charge in [-0.25, -0.2) is 0 Å². The lowest BCUT2D eigenvalue weighted by Gasteiger charge is -2.20. The largest absolute Gasteiger partial charge is 0.496 e. The van der Waals surface area contributed by atoms with Crippen LogP contribution in [0.15, 0.2) is 6.07 Å². The Bertz CT molecular complexity index is 403. The summed E-state index contributed by atoms with van der Waals surface area (Å²) in [7, 11) is 1.71. The topological polar surface area (TPSA) is 35.2 Å². The maximum Gasteiger partial charge on any atom is 0.125 e. The van der Waals surface area contributed by atoms with E-state index in [0.717, 1.165) is 33.9 Å². The standard InChI is InChI=1S/C14H22ClNO.ClH/c1-8(2)11-7-13(15)10(4)12(6-9(3)16)14(11)17-5;/h7-9H,6,16H2,1-5H3;1H. The number of benzene rings is 1. The molecule has 0 radical (unpaired) electrons. The molecule has 0 aromatic heterocycles. The lowest BCUT2D eigenvalue weighted by molar-refractivity contribution is 0.400. The molecule has 0 bridgehead atoms. The zero-order valence-electron chi connectivity index (χ0n) is 11.7. The van der Waals surface area contributed by atoms with E-state index in [2.05, 4.69) is 13.8 Å². The van der Waals surface area contributed by atoms with Crippen LogP contribution in [0.5, 0.6) is 5.75 Å². The summed E-state index contributed by atoms with van der Waals surface area (Å²) in [5, 5.41) is 0.796. The van der Waals surface area contributed by atoms with Gasteiger partial charge in [0.1, 0.15) is 5.75 Å². The molecule has 2 N–H and O–H groups in total. The summed E-state index contributed by atoms with van der Waals surface area (Å²) in [6.07, 6.45) is 0.787. The van der Waals surface area contributed by atoms with Gasteiger partial charge in [-0.15, -0.1) is 12.4 Å². The Kier molecular flexibility index (Phi) is 7.05. The first-order valence-corrected chi connectivity index (χ1v) is 6.37. The van der Waals surface area contributed by atoms with Gasteiger partial charge >= 0.3 is 0 Å². The van der Waals surface area contributed by atoms with E-state index in [-0.39, 0.29) is 18.4 Å². The minimum absolute atomic E-state index is 0. The molecule has 0 fully saturated rings. The molecule has 4 heteroatoms. The summed E-state index contributed by atoms with van der Waals surface area (Å²) in [5.41, 5.74) is 9.26. The highest BCUT2D eigenvalue weighted by molar-refractivity contribution is 6.31. The highest BCUT2D eigenvalue weighted by atomic mass is 35.5. The van der Waals surface area contributed by atoms with Crippen LogP contribution in [0.2, 0.25) is 5.02 Å². The van der Waals surface area contributed by atoms with Gasteiger partial charge in [0, 0.05) is 16.6 Å². The fourth-order valence-electron chi connectivity index (χ4n) is 2.04. The minimum atomic E-state index is 0. The zero-order valence-corrected chi connectivity index (χ0v) is 13.3. The fourth-order valence-corrected chi connectivity index (χ4v) is 2.27.